The lowest BCUT2D eigenvalue weighted by Gasteiger charge is -2.10. The van der Waals surface area contributed by atoms with Crippen molar-refractivity contribution in [2.45, 2.75) is 40.3 Å². The number of benzene rings is 2. The molecule has 0 fully saturated rings. The highest BCUT2D eigenvalue weighted by Gasteiger charge is 2.11. The number of aromatic nitrogens is 2. The largest absolute Gasteiger partial charge is 0.494 e. The van der Waals surface area contributed by atoms with E-state index in [1.807, 2.05) is 18.2 Å². The number of fused-ring (bicyclic) bond motifs is 1. The SMILES string of the molecule is Cc1cccc(OCCCn2c(CO)nc3cc(C)c(C)cc32)c1. The summed E-state index contributed by atoms with van der Waals surface area (Å²) in [5, 5.41) is 9.61. The minimum atomic E-state index is -0.0501. The zero-order chi connectivity index (χ0) is 17.1. The Morgan fingerprint density at radius 2 is 1.88 bits per heavy atom. The maximum atomic E-state index is 9.61. The first-order valence-electron chi connectivity index (χ1n) is 8.35. The van der Waals surface area contributed by atoms with Crippen molar-refractivity contribution in [1.82, 2.24) is 9.55 Å². The van der Waals surface area contributed by atoms with Gasteiger partial charge in [0, 0.05) is 6.54 Å². The van der Waals surface area contributed by atoms with Crippen LogP contribution in [0.3, 0.4) is 0 Å². The van der Waals surface area contributed by atoms with Crippen molar-refractivity contribution in [2.24, 2.45) is 0 Å². The maximum Gasteiger partial charge on any atom is 0.135 e. The van der Waals surface area contributed by atoms with E-state index < -0.39 is 0 Å². The first-order chi connectivity index (χ1) is 11.6. The molecular weight excluding hydrogens is 300 g/mol. The highest BCUT2D eigenvalue weighted by atomic mass is 16.5. The zero-order valence-corrected chi connectivity index (χ0v) is 14.5. The van der Waals surface area contributed by atoms with Gasteiger partial charge in [0.2, 0.25) is 0 Å². The lowest BCUT2D eigenvalue weighted by molar-refractivity contribution is 0.261. The second-order valence-corrected chi connectivity index (χ2v) is 6.28. The van der Waals surface area contributed by atoms with Gasteiger partial charge in [0.05, 0.1) is 17.6 Å². The Labute approximate surface area is 142 Å². The summed E-state index contributed by atoms with van der Waals surface area (Å²) in [4.78, 5) is 4.55. The molecule has 1 heterocycles. The van der Waals surface area contributed by atoms with E-state index in [0.717, 1.165) is 29.7 Å². The van der Waals surface area contributed by atoms with Gasteiger partial charge in [-0.25, -0.2) is 4.98 Å². The standard InChI is InChI=1S/C20H24N2O2/c1-14-6-4-7-17(10-14)24-9-5-8-22-19-12-16(3)15(2)11-18(19)21-20(22)13-23/h4,6-7,10-12,23H,5,8-9,13H2,1-3H3. The summed E-state index contributed by atoms with van der Waals surface area (Å²) in [7, 11) is 0. The second kappa shape index (κ2) is 7.05. The molecule has 1 aromatic heterocycles. The molecular formula is C20H24N2O2. The van der Waals surface area contributed by atoms with E-state index in [9.17, 15) is 5.11 Å². The van der Waals surface area contributed by atoms with Crippen LogP contribution in [-0.2, 0) is 13.2 Å². The third-order valence-corrected chi connectivity index (χ3v) is 4.37. The van der Waals surface area contributed by atoms with Gasteiger partial charge in [0.15, 0.2) is 0 Å². The molecule has 0 saturated carbocycles. The number of rotatable bonds is 6. The van der Waals surface area contributed by atoms with Crippen molar-refractivity contribution >= 4 is 11.0 Å². The summed E-state index contributed by atoms with van der Waals surface area (Å²) in [5.41, 5.74) is 5.68. The quantitative estimate of drug-likeness (QED) is 0.699. The Morgan fingerprint density at radius 3 is 2.62 bits per heavy atom. The highest BCUT2D eigenvalue weighted by Crippen LogP contribution is 2.21. The lowest BCUT2D eigenvalue weighted by atomic mass is 10.1. The van der Waals surface area contributed by atoms with E-state index >= 15 is 0 Å². The van der Waals surface area contributed by atoms with E-state index in [1.165, 1.54) is 16.7 Å². The molecule has 3 rings (SSSR count). The Balaban J connectivity index is 1.71. The predicted molar refractivity (Wildman–Crippen MR) is 96.4 cm³/mol. The fourth-order valence-corrected chi connectivity index (χ4v) is 2.92. The first-order valence-corrected chi connectivity index (χ1v) is 8.35. The van der Waals surface area contributed by atoms with Crippen molar-refractivity contribution in [3.05, 3.63) is 58.9 Å². The van der Waals surface area contributed by atoms with Crippen LogP contribution in [0.4, 0.5) is 0 Å². The van der Waals surface area contributed by atoms with Gasteiger partial charge >= 0.3 is 0 Å². The molecule has 0 aliphatic heterocycles. The van der Waals surface area contributed by atoms with E-state index in [1.54, 1.807) is 0 Å². The van der Waals surface area contributed by atoms with Gasteiger partial charge in [-0.15, -0.1) is 0 Å². The van der Waals surface area contributed by atoms with Gasteiger partial charge < -0.3 is 14.4 Å². The minimum Gasteiger partial charge on any atom is -0.494 e. The zero-order valence-electron chi connectivity index (χ0n) is 14.5. The van der Waals surface area contributed by atoms with Crippen LogP contribution in [0.25, 0.3) is 11.0 Å². The Bertz CT molecular complexity index is 852. The molecule has 0 radical (unpaired) electrons. The third kappa shape index (κ3) is 3.44. The maximum absolute atomic E-state index is 9.61. The molecule has 2 aromatic carbocycles. The average molecular weight is 324 g/mol. The molecule has 0 saturated heterocycles. The molecule has 0 amide bonds. The Morgan fingerprint density at radius 1 is 1.08 bits per heavy atom. The van der Waals surface area contributed by atoms with Crippen LogP contribution in [0, 0.1) is 20.8 Å². The monoisotopic (exact) mass is 324 g/mol. The lowest BCUT2D eigenvalue weighted by Crippen LogP contribution is -2.08. The number of aliphatic hydroxyl groups is 1. The number of ether oxygens (including phenoxy) is 1. The van der Waals surface area contributed by atoms with Gasteiger partial charge in [-0.2, -0.15) is 0 Å². The number of hydrogen-bond acceptors (Lipinski definition) is 3. The number of hydrogen-bond donors (Lipinski definition) is 1. The van der Waals surface area contributed by atoms with Crippen LogP contribution < -0.4 is 4.74 Å². The summed E-state index contributed by atoms with van der Waals surface area (Å²) in [6.45, 7) is 7.61. The number of aliphatic hydroxyl groups excluding tert-OH is 1. The molecule has 0 aliphatic rings. The van der Waals surface area contributed by atoms with Crippen LogP contribution >= 0.6 is 0 Å². The number of imidazole rings is 1. The van der Waals surface area contributed by atoms with Crippen molar-refractivity contribution in [3.8, 4) is 5.75 Å². The minimum absolute atomic E-state index is 0.0501. The summed E-state index contributed by atoms with van der Waals surface area (Å²) in [6, 6.07) is 12.3. The topological polar surface area (TPSA) is 47.3 Å². The summed E-state index contributed by atoms with van der Waals surface area (Å²) < 4.78 is 7.92. The second-order valence-electron chi connectivity index (χ2n) is 6.28. The fraction of sp³-hybridized carbons (Fsp3) is 0.350. The molecule has 4 heteroatoms. The van der Waals surface area contributed by atoms with Crippen molar-refractivity contribution in [3.63, 3.8) is 0 Å². The molecule has 0 bridgehead atoms. The molecule has 4 nitrogen and oxygen atoms in total. The van der Waals surface area contributed by atoms with Gasteiger partial charge in [-0.1, -0.05) is 12.1 Å². The van der Waals surface area contributed by atoms with E-state index in [2.05, 4.69) is 48.5 Å². The van der Waals surface area contributed by atoms with E-state index in [0.29, 0.717) is 12.4 Å². The van der Waals surface area contributed by atoms with Crippen molar-refractivity contribution in [1.29, 1.82) is 0 Å². The summed E-state index contributed by atoms with van der Waals surface area (Å²) >= 11 is 0. The summed E-state index contributed by atoms with van der Waals surface area (Å²) in [5.74, 6) is 1.62. The smallest absolute Gasteiger partial charge is 0.135 e. The van der Waals surface area contributed by atoms with E-state index in [4.69, 9.17) is 4.74 Å². The van der Waals surface area contributed by atoms with Crippen molar-refractivity contribution in [2.75, 3.05) is 6.61 Å². The van der Waals surface area contributed by atoms with Crippen molar-refractivity contribution < 1.29 is 9.84 Å². The molecule has 0 spiro atoms. The van der Waals surface area contributed by atoms with Gasteiger partial charge in [-0.05, 0) is 68.1 Å². The van der Waals surface area contributed by atoms with Crippen LogP contribution in [0.15, 0.2) is 36.4 Å². The van der Waals surface area contributed by atoms with Crippen LogP contribution in [0.5, 0.6) is 5.75 Å². The Kier molecular flexibility index (Phi) is 4.86. The first kappa shape index (κ1) is 16.5. The van der Waals surface area contributed by atoms with E-state index in [-0.39, 0.29) is 6.61 Å². The molecule has 1 N–H and O–H groups in total. The van der Waals surface area contributed by atoms with Gasteiger partial charge in [0.1, 0.15) is 18.2 Å². The van der Waals surface area contributed by atoms with Crippen LogP contribution in [0.1, 0.15) is 28.9 Å². The van der Waals surface area contributed by atoms with Gasteiger partial charge in [-0.3, -0.25) is 0 Å². The molecule has 0 unspecified atom stereocenters. The predicted octanol–water partition coefficient (Wildman–Crippen LogP) is 3.92. The molecule has 24 heavy (non-hydrogen) atoms. The normalized spacial score (nSPS) is 11.2. The van der Waals surface area contributed by atoms with Crippen LogP contribution in [-0.4, -0.2) is 21.3 Å². The summed E-state index contributed by atoms with van der Waals surface area (Å²) in [6.07, 6.45) is 0.860. The average Bonchev–Trinajstić information content (AvgIpc) is 2.89. The van der Waals surface area contributed by atoms with Gasteiger partial charge in [0.25, 0.3) is 0 Å². The molecule has 3 aromatic rings. The number of aryl methyl sites for hydroxylation is 4. The molecule has 0 atom stereocenters. The third-order valence-electron chi connectivity index (χ3n) is 4.37. The number of nitrogens with zero attached hydrogens (tertiary/aromatic N) is 2. The molecule has 0 aliphatic carbocycles. The van der Waals surface area contributed by atoms with Crippen LogP contribution in [0.2, 0.25) is 0 Å². The fourth-order valence-electron chi connectivity index (χ4n) is 2.92. The highest BCUT2D eigenvalue weighted by molar-refractivity contribution is 5.78. The Hall–Kier alpha value is -2.33. The molecule has 126 valence electrons.